The Bertz CT molecular complexity index is 808. The lowest BCUT2D eigenvalue weighted by molar-refractivity contribution is 0.184. The predicted octanol–water partition coefficient (Wildman–Crippen LogP) is 2.74. The van der Waals surface area contributed by atoms with Crippen molar-refractivity contribution in [1.29, 1.82) is 5.26 Å². The molecule has 0 unspecified atom stereocenters. The molecule has 0 saturated carbocycles. The molecule has 0 aliphatic carbocycles. The number of aromatic nitrogens is 1. The van der Waals surface area contributed by atoms with Crippen LogP contribution in [0.3, 0.4) is 0 Å². The van der Waals surface area contributed by atoms with E-state index in [0.717, 1.165) is 54.7 Å². The number of hydrogen-bond acceptors (Lipinski definition) is 6. The first-order valence-electron chi connectivity index (χ1n) is 8.70. The first-order chi connectivity index (χ1) is 12.7. The van der Waals surface area contributed by atoms with Crippen molar-refractivity contribution in [3.8, 4) is 11.8 Å². The average Bonchev–Trinajstić information content (AvgIpc) is 2.68. The fraction of sp³-hybridized carbons (Fsp3) is 0.400. The Hall–Kier alpha value is -2.78. The van der Waals surface area contributed by atoms with Crippen LogP contribution in [0, 0.1) is 18.3 Å². The minimum Gasteiger partial charge on any atom is -0.495 e. The average molecular weight is 352 g/mol. The number of nitriles is 1. The number of benzene rings is 1. The number of para-hydroxylation sites is 2. The van der Waals surface area contributed by atoms with E-state index in [-0.39, 0.29) is 0 Å². The minimum atomic E-state index is 0.417. The Morgan fingerprint density at radius 2 is 1.81 bits per heavy atom. The second kappa shape index (κ2) is 8.07. The molecule has 1 aromatic carbocycles. The highest BCUT2D eigenvalue weighted by atomic mass is 16.5. The highest BCUT2D eigenvalue weighted by molar-refractivity contribution is 5.62. The summed E-state index contributed by atoms with van der Waals surface area (Å²) in [6.45, 7) is 5.67. The number of hydrogen-bond donors (Lipinski definition) is 0. The molecule has 2 heterocycles. The first-order valence-corrected chi connectivity index (χ1v) is 8.70. The lowest BCUT2D eigenvalue weighted by Crippen LogP contribution is -2.47. The van der Waals surface area contributed by atoms with E-state index in [9.17, 15) is 5.26 Å². The van der Waals surface area contributed by atoms with Gasteiger partial charge in [0.15, 0.2) is 0 Å². The van der Waals surface area contributed by atoms with Crippen molar-refractivity contribution in [1.82, 2.24) is 4.98 Å². The Morgan fingerprint density at radius 3 is 2.46 bits per heavy atom. The van der Waals surface area contributed by atoms with Crippen LogP contribution in [-0.2, 0) is 11.3 Å². The zero-order valence-corrected chi connectivity index (χ0v) is 15.5. The van der Waals surface area contributed by atoms with Crippen LogP contribution >= 0.6 is 0 Å². The quantitative estimate of drug-likeness (QED) is 0.825. The van der Waals surface area contributed by atoms with E-state index >= 15 is 0 Å². The van der Waals surface area contributed by atoms with Crippen LogP contribution in [0.15, 0.2) is 30.3 Å². The van der Waals surface area contributed by atoms with Crippen LogP contribution < -0.4 is 14.5 Å². The number of anilines is 2. The third-order valence-electron chi connectivity index (χ3n) is 4.63. The van der Waals surface area contributed by atoms with E-state index in [1.165, 1.54) is 0 Å². The summed E-state index contributed by atoms with van der Waals surface area (Å²) in [4.78, 5) is 9.15. The Morgan fingerprint density at radius 1 is 1.12 bits per heavy atom. The molecule has 1 saturated heterocycles. The van der Waals surface area contributed by atoms with Crippen molar-refractivity contribution >= 4 is 11.5 Å². The standard InChI is InChI=1S/C20H24N4O2/c1-15-12-16(14-25-2)17(13-21)20(22-15)24-10-8-23(9-11-24)18-6-4-5-7-19(18)26-3/h4-7,12H,8-11,14H2,1-3H3. The molecular formula is C20H24N4O2. The SMILES string of the molecule is COCc1cc(C)nc(N2CCN(c3ccccc3OC)CC2)c1C#N. The molecule has 1 aliphatic heterocycles. The van der Waals surface area contributed by atoms with Crippen molar-refractivity contribution in [3.05, 3.63) is 47.2 Å². The fourth-order valence-electron chi connectivity index (χ4n) is 3.39. The molecular weight excluding hydrogens is 328 g/mol. The van der Waals surface area contributed by atoms with Gasteiger partial charge in [0, 0.05) is 44.5 Å². The van der Waals surface area contributed by atoms with Crippen molar-refractivity contribution in [2.45, 2.75) is 13.5 Å². The second-order valence-corrected chi connectivity index (χ2v) is 6.31. The molecule has 0 N–H and O–H groups in total. The van der Waals surface area contributed by atoms with Crippen LogP contribution in [0.1, 0.15) is 16.8 Å². The van der Waals surface area contributed by atoms with Crippen LogP contribution in [0.25, 0.3) is 0 Å². The monoisotopic (exact) mass is 352 g/mol. The fourth-order valence-corrected chi connectivity index (χ4v) is 3.39. The molecule has 0 bridgehead atoms. The van der Waals surface area contributed by atoms with E-state index < -0.39 is 0 Å². The van der Waals surface area contributed by atoms with Gasteiger partial charge < -0.3 is 19.3 Å². The highest BCUT2D eigenvalue weighted by Crippen LogP contribution is 2.30. The zero-order chi connectivity index (χ0) is 18.5. The largest absolute Gasteiger partial charge is 0.495 e. The minimum absolute atomic E-state index is 0.417. The summed E-state index contributed by atoms with van der Waals surface area (Å²) in [5.74, 6) is 1.65. The van der Waals surface area contributed by atoms with E-state index in [1.807, 2.05) is 31.2 Å². The van der Waals surface area contributed by atoms with Gasteiger partial charge >= 0.3 is 0 Å². The molecule has 1 fully saturated rings. The van der Waals surface area contributed by atoms with Gasteiger partial charge in [-0.1, -0.05) is 12.1 Å². The number of ether oxygens (including phenoxy) is 2. The Balaban J connectivity index is 1.81. The van der Waals surface area contributed by atoms with E-state index in [2.05, 4.69) is 26.9 Å². The van der Waals surface area contributed by atoms with Gasteiger partial charge in [-0.25, -0.2) is 4.98 Å². The third-order valence-corrected chi connectivity index (χ3v) is 4.63. The maximum absolute atomic E-state index is 9.65. The van der Waals surface area contributed by atoms with Gasteiger partial charge in [-0.3, -0.25) is 0 Å². The van der Waals surface area contributed by atoms with Gasteiger partial charge in [0.2, 0.25) is 0 Å². The maximum atomic E-state index is 9.65. The van der Waals surface area contributed by atoms with Crippen molar-refractivity contribution in [2.75, 3.05) is 50.2 Å². The summed E-state index contributed by atoms with van der Waals surface area (Å²) in [5, 5.41) is 9.65. The topological polar surface area (TPSA) is 61.6 Å². The summed E-state index contributed by atoms with van der Waals surface area (Å²) >= 11 is 0. The van der Waals surface area contributed by atoms with E-state index in [4.69, 9.17) is 9.47 Å². The number of aryl methyl sites for hydroxylation is 1. The Labute approximate surface area is 154 Å². The van der Waals surface area contributed by atoms with Crippen molar-refractivity contribution < 1.29 is 9.47 Å². The molecule has 1 aliphatic rings. The van der Waals surface area contributed by atoms with Gasteiger partial charge in [-0.2, -0.15) is 5.26 Å². The lowest BCUT2D eigenvalue weighted by atomic mass is 10.1. The molecule has 2 aromatic rings. The molecule has 0 spiro atoms. The number of rotatable bonds is 5. The molecule has 6 heteroatoms. The van der Waals surface area contributed by atoms with Gasteiger partial charge in [0.05, 0.1) is 19.4 Å². The van der Waals surface area contributed by atoms with Gasteiger partial charge in [-0.15, -0.1) is 0 Å². The predicted molar refractivity (Wildman–Crippen MR) is 102 cm³/mol. The van der Waals surface area contributed by atoms with E-state index in [1.54, 1.807) is 14.2 Å². The smallest absolute Gasteiger partial charge is 0.147 e. The number of pyridine rings is 1. The number of methoxy groups -OCH3 is 2. The lowest BCUT2D eigenvalue weighted by Gasteiger charge is -2.37. The third kappa shape index (κ3) is 3.58. The zero-order valence-electron chi connectivity index (χ0n) is 15.5. The summed E-state index contributed by atoms with van der Waals surface area (Å²) in [7, 11) is 3.34. The molecule has 1 aromatic heterocycles. The molecule has 0 amide bonds. The summed E-state index contributed by atoms with van der Waals surface area (Å²) in [6.07, 6.45) is 0. The van der Waals surface area contributed by atoms with E-state index in [0.29, 0.717) is 12.2 Å². The normalized spacial score (nSPS) is 14.2. The van der Waals surface area contributed by atoms with Crippen LogP contribution in [-0.4, -0.2) is 45.4 Å². The van der Waals surface area contributed by atoms with Crippen molar-refractivity contribution in [2.24, 2.45) is 0 Å². The Kier molecular flexibility index (Phi) is 5.59. The molecule has 26 heavy (non-hydrogen) atoms. The molecule has 6 nitrogen and oxygen atoms in total. The summed E-state index contributed by atoms with van der Waals surface area (Å²) in [6, 6.07) is 12.3. The second-order valence-electron chi connectivity index (χ2n) is 6.31. The summed E-state index contributed by atoms with van der Waals surface area (Å²) < 4.78 is 10.7. The molecule has 3 rings (SSSR count). The first kappa shape index (κ1) is 18.0. The number of nitrogens with zero attached hydrogens (tertiary/aromatic N) is 4. The molecule has 0 atom stereocenters. The van der Waals surface area contributed by atoms with Crippen molar-refractivity contribution in [3.63, 3.8) is 0 Å². The molecule has 0 radical (unpaired) electrons. The summed E-state index contributed by atoms with van der Waals surface area (Å²) in [5.41, 5.74) is 3.51. The number of piperazine rings is 1. The van der Waals surface area contributed by atoms with Gasteiger partial charge in [0.25, 0.3) is 0 Å². The van der Waals surface area contributed by atoms with Crippen LogP contribution in [0.2, 0.25) is 0 Å². The van der Waals surface area contributed by atoms with Crippen LogP contribution in [0.4, 0.5) is 11.5 Å². The van der Waals surface area contributed by atoms with Gasteiger partial charge in [0.1, 0.15) is 23.2 Å². The highest BCUT2D eigenvalue weighted by Gasteiger charge is 2.23. The van der Waals surface area contributed by atoms with Gasteiger partial charge in [-0.05, 0) is 25.1 Å². The molecule has 136 valence electrons. The van der Waals surface area contributed by atoms with Crippen LogP contribution in [0.5, 0.6) is 5.75 Å². The maximum Gasteiger partial charge on any atom is 0.147 e.